The summed E-state index contributed by atoms with van der Waals surface area (Å²) < 4.78 is 4.66. The van der Waals surface area contributed by atoms with Crippen molar-refractivity contribution in [3.63, 3.8) is 0 Å². The van der Waals surface area contributed by atoms with Gasteiger partial charge in [0.2, 0.25) is 0 Å². The molecule has 0 saturated heterocycles. The summed E-state index contributed by atoms with van der Waals surface area (Å²) >= 11 is 0. The van der Waals surface area contributed by atoms with Crippen LogP contribution in [0, 0.1) is 0 Å². The molecule has 0 unspecified atom stereocenters. The fourth-order valence-corrected chi connectivity index (χ4v) is 4.80. The number of rotatable bonds is 7. The monoisotopic (exact) mass is 451 g/mol. The molecule has 0 fully saturated rings. The summed E-state index contributed by atoms with van der Waals surface area (Å²) in [5.74, 6) is 2.62. The average molecular weight is 452 g/mol. The summed E-state index contributed by atoms with van der Waals surface area (Å²) in [5.41, 5.74) is 9.54. The zero-order valence-corrected chi connectivity index (χ0v) is 21.8. The van der Waals surface area contributed by atoms with E-state index in [2.05, 4.69) is 137 Å². The van der Waals surface area contributed by atoms with Crippen molar-refractivity contribution in [3.8, 4) is 17.1 Å². The quantitative estimate of drug-likeness (QED) is 0.252. The highest BCUT2D eigenvalue weighted by Crippen LogP contribution is 2.36. The minimum Gasteiger partial charge on any atom is -0.232 e. The predicted molar refractivity (Wildman–Crippen MR) is 144 cm³/mol. The van der Waals surface area contributed by atoms with Gasteiger partial charge in [-0.25, -0.2) is 4.57 Å². The molecule has 4 rings (SSSR count). The smallest absolute Gasteiger partial charge is 0.232 e. The van der Waals surface area contributed by atoms with Crippen LogP contribution in [0.1, 0.15) is 87.1 Å². The first-order chi connectivity index (χ1) is 16.3. The molecule has 4 aromatic rings. The molecule has 0 amide bonds. The van der Waals surface area contributed by atoms with Crippen molar-refractivity contribution in [1.82, 2.24) is 4.57 Å². The van der Waals surface area contributed by atoms with Crippen LogP contribution in [0.4, 0.5) is 0 Å². The van der Waals surface area contributed by atoms with Crippen LogP contribution in [0.25, 0.3) is 17.1 Å². The number of aromatic nitrogens is 2. The fraction of sp³-hybridized carbons (Fsp3) is 0.344. The zero-order chi connectivity index (χ0) is 24.4. The van der Waals surface area contributed by atoms with Gasteiger partial charge in [-0.1, -0.05) is 96.1 Å². The fourth-order valence-electron chi connectivity index (χ4n) is 4.80. The maximum absolute atomic E-state index is 2.43. The third-order valence-electron chi connectivity index (χ3n) is 6.81. The van der Waals surface area contributed by atoms with Gasteiger partial charge in [0.15, 0.2) is 0 Å². The third kappa shape index (κ3) is 4.87. The standard InChI is InChI=1S/C32H39N2/c1-22(2)28-20-29(23(3)4)31(30(21-28)24(5)6)34-18-17-33(7)32(34)27-15-13-26(14-16-27)19-25-11-9-8-10-12-25/h8-18,20-24H,19H2,1-7H3/q+1. The van der Waals surface area contributed by atoms with Crippen LogP contribution in [-0.2, 0) is 13.5 Å². The number of benzene rings is 3. The normalized spacial score (nSPS) is 11.7. The Morgan fingerprint density at radius 2 is 1.26 bits per heavy atom. The van der Waals surface area contributed by atoms with E-state index in [0.717, 1.165) is 6.42 Å². The Morgan fingerprint density at radius 1 is 0.706 bits per heavy atom. The number of hydrogen-bond donors (Lipinski definition) is 0. The average Bonchev–Trinajstić information content (AvgIpc) is 3.20. The largest absolute Gasteiger partial charge is 0.293 e. The molecule has 1 aromatic heterocycles. The van der Waals surface area contributed by atoms with Gasteiger partial charge in [-0.15, -0.1) is 0 Å². The van der Waals surface area contributed by atoms with Crippen molar-refractivity contribution in [1.29, 1.82) is 0 Å². The Balaban J connectivity index is 1.82. The Hall–Kier alpha value is -3.13. The summed E-state index contributed by atoms with van der Waals surface area (Å²) in [5, 5.41) is 0. The van der Waals surface area contributed by atoms with Crippen LogP contribution < -0.4 is 4.57 Å². The van der Waals surface area contributed by atoms with Gasteiger partial charge in [0.05, 0.1) is 12.6 Å². The van der Waals surface area contributed by atoms with Crippen LogP contribution in [0.5, 0.6) is 0 Å². The first kappa shape index (κ1) is 24.0. The predicted octanol–water partition coefficient (Wildman–Crippen LogP) is 7.93. The second-order valence-corrected chi connectivity index (χ2v) is 10.5. The van der Waals surface area contributed by atoms with E-state index < -0.39 is 0 Å². The molecule has 176 valence electrons. The molecule has 3 aromatic carbocycles. The van der Waals surface area contributed by atoms with E-state index in [1.807, 2.05) is 0 Å². The second kappa shape index (κ2) is 10.0. The van der Waals surface area contributed by atoms with Crippen molar-refractivity contribution in [2.75, 3.05) is 0 Å². The number of hydrogen-bond acceptors (Lipinski definition) is 0. The summed E-state index contributed by atoms with van der Waals surface area (Å²) in [6.07, 6.45) is 5.37. The molecule has 0 spiro atoms. The summed E-state index contributed by atoms with van der Waals surface area (Å²) in [4.78, 5) is 0. The van der Waals surface area contributed by atoms with Crippen LogP contribution in [0.3, 0.4) is 0 Å². The van der Waals surface area contributed by atoms with Gasteiger partial charge in [-0.3, -0.25) is 0 Å². The van der Waals surface area contributed by atoms with E-state index in [0.29, 0.717) is 17.8 Å². The van der Waals surface area contributed by atoms with E-state index in [9.17, 15) is 0 Å². The Kier molecular flexibility index (Phi) is 7.07. The molecule has 0 N–H and O–H groups in total. The highest BCUT2D eigenvalue weighted by Gasteiger charge is 2.27. The molecule has 1 heterocycles. The van der Waals surface area contributed by atoms with Crippen molar-refractivity contribution < 1.29 is 4.57 Å². The van der Waals surface area contributed by atoms with Gasteiger partial charge in [0, 0.05) is 11.1 Å². The highest BCUT2D eigenvalue weighted by molar-refractivity contribution is 5.61. The van der Waals surface area contributed by atoms with E-state index in [4.69, 9.17) is 0 Å². The van der Waals surface area contributed by atoms with Gasteiger partial charge in [0.1, 0.15) is 18.1 Å². The lowest BCUT2D eigenvalue weighted by molar-refractivity contribution is -0.659. The maximum Gasteiger partial charge on any atom is 0.293 e. The van der Waals surface area contributed by atoms with Crippen molar-refractivity contribution in [2.45, 2.75) is 65.7 Å². The maximum atomic E-state index is 2.43. The lowest BCUT2D eigenvalue weighted by atomic mass is 9.87. The zero-order valence-electron chi connectivity index (χ0n) is 21.8. The molecule has 0 saturated carbocycles. The lowest BCUT2D eigenvalue weighted by Crippen LogP contribution is -2.29. The van der Waals surface area contributed by atoms with Crippen LogP contribution in [-0.4, -0.2) is 4.57 Å². The van der Waals surface area contributed by atoms with Crippen LogP contribution >= 0.6 is 0 Å². The first-order valence-electron chi connectivity index (χ1n) is 12.6. The van der Waals surface area contributed by atoms with E-state index in [1.54, 1.807) is 0 Å². The van der Waals surface area contributed by atoms with Gasteiger partial charge < -0.3 is 0 Å². The molecular weight excluding hydrogens is 412 g/mol. The van der Waals surface area contributed by atoms with Gasteiger partial charge >= 0.3 is 0 Å². The molecule has 34 heavy (non-hydrogen) atoms. The molecule has 0 aliphatic rings. The van der Waals surface area contributed by atoms with Crippen LogP contribution in [0.2, 0.25) is 0 Å². The topological polar surface area (TPSA) is 8.81 Å². The SMILES string of the molecule is CC(C)c1cc(C(C)C)c(-n2cc[n+](C)c2-c2ccc(Cc3ccccc3)cc2)c(C(C)C)c1. The number of aryl methyl sites for hydroxylation is 1. The van der Waals surface area contributed by atoms with E-state index in [-0.39, 0.29) is 0 Å². The summed E-state index contributed by atoms with van der Waals surface area (Å²) in [7, 11) is 2.15. The summed E-state index contributed by atoms with van der Waals surface area (Å²) in [6, 6.07) is 24.6. The van der Waals surface area contributed by atoms with Crippen molar-refractivity contribution in [3.05, 3.63) is 107 Å². The van der Waals surface area contributed by atoms with Gasteiger partial charge in [0.25, 0.3) is 5.82 Å². The molecule has 0 bridgehead atoms. The Bertz CT molecular complexity index is 1210. The molecule has 0 atom stereocenters. The Morgan fingerprint density at radius 3 is 1.79 bits per heavy atom. The van der Waals surface area contributed by atoms with Gasteiger partial charge in [-0.05, 0) is 53.0 Å². The second-order valence-electron chi connectivity index (χ2n) is 10.5. The third-order valence-corrected chi connectivity index (χ3v) is 6.81. The molecule has 0 radical (unpaired) electrons. The van der Waals surface area contributed by atoms with E-state index in [1.165, 1.54) is 44.9 Å². The number of nitrogens with zero attached hydrogens (tertiary/aromatic N) is 2. The van der Waals surface area contributed by atoms with Crippen molar-refractivity contribution >= 4 is 0 Å². The minimum absolute atomic E-state index is 0.444. The minimum atomic E-state index is 0.444. The summed E-state index contributed by atoms with van der Waals surface area (Å²) in [6.45, 7) is 13.8. The Labute approximate surface area is 205 Å². The lowest BCUT2D eigenvalue weighted by Gasteiger charge is -2.21. The van der Waals surface area contributed by atoms with Crippen LogP contribution in [0.15, 0.2) is 79.1 Å². The molecule has 0 aliphatic heterocycles. The first-order valence-corrected chi connectivity index (χ1v) is 12.6. The van der Waals surface area contributed by atoms with Crippen molar-refractivity contribution in [2.24, 2.45) is 7.05 Å². The molecule has 0 aliphatic carbocycles. The van der Waals surface area contributed by atoms with E-state index >= 15 is 0 Å². The molecule has 2 heteroatoms. The highest BCUT2D eigenvalue weighted by atomic mass is 15.1. The number of imidazole rings is 1. The molecular formula is C32H39N2+. The van der Waals surface area contributed by atoms with Gasteiger partial charge in [-0.2, -0.15) is 4.57 Å². The molecule has 2 nitrogen and oxygen atoms in total.